The highest BCUT2D eigenvalue weighted by Gasteiger charge is 2.43. The number of fused-ring (bicyclic) bond motifs is 1. The fourth-order valence-electron chi connectivity index (χ4n) is 2.33. The van der Waals surface area contributed by atoms with Crippen LogP contribution in [-0.2, 0) is 4.74 Å². The third-order valence-electron chi connectivity index (χ3n) is 3.26. The molecule has 7 nitrogen and oxygen atoms in total. The zero-order valence-corrected chi connectivity index (χ0v) is 10.4. The van der Waals surface area contributed by atoms with Gasteiger partial charge in [-0.05, 0) is 12.8 Å². The second-order valence-electron chi connectivity index (χ2n) is 4.46. The van der Waals surface area contributed by atoms with Gasteiger partial charge in [-0.15, -0.1) is 0 Å². The molecule has 0 amide bonds. The number of hydrogen-bond acceptors (Lipinski definition) is 7. The third-order valence-corrected chi connectivity index (χ3v) is 3.54. The molecule has 0 bridgehead atoms. The van der Waals surface area contributed by atoms with E-state index in [1.165, 1.54) is 6.34 Å². The number of halogens is 1. The Balaban J connectivity index is 1.79. The quantitative estimate of drug-likeness (QED) is 0.522. The van der Waals surface area contributed by atoms with Crippen LogP contribution in [-0.4, -0.2) is 58.6 Å². The first-order valence-corrected chi connectivity index (χ1v) is 6.17. The van der Waals surface area contributed by atoms with Crippen LogP contribution in [0.25, 0.3) is 0 Å². The molecule has 0 aromatic carbocycles. The normalized spacial score (nSPS) is 38.7. The molecular formula is C10H14ClN5O2. The van der Waals surface area contributed by atoms with E-state index in [0.717, 1.165) is 12.8 Å². The molecule has 3 aliphatic rings. The van der Waals surface area contributed by atoms with E-state index in [4.69, 9.17) is 27.2 Å². The lowest BCUT2D eigenvalue weighted by atomic mass is 10.2. The Labute approximate surface area is 109 Å². The van der Waals surface area contributed by atoms with E-state index >= 15 is 0 Å². The number of nitrogens with zero attached hydrogens (tertiary/aromatic N) is 4. The smallest absolute Gasteiger partial charge is 0.232 e. The summed E-state index contributed by atoms with van der Waals surface area (Å²) in [7, 11) is 0. The number of rotatable bonds is 2. The van der Waals surface area contributed by atoms with Gasteiger partial charge in [-0.1, -0.05) is 11.6 Å². The van der Waals surface area contributed by atoms with Crippen molar-refractivity contribution in [3.63, 3.8) is 0 Å². The number of hydrogen-bond donors (Lipinski definition) is 2. The Morgan fingerprint density at radius 2 is 2.44 bits per heavy atom. The summed E-state index contributed by atoms with van der Waals surface area (Å²) in [5, 5.41) is 7.74. The first-order chi connectivity index (χ1) is 8.62. The van der Waals surface area contributed by atoms with Gasteiger partial charge >= 0.3 is 0 Å². The zero-order chi connectivity index (χ0) is 12.8. The number of alkyl halides is 1. The number of amidine groups is 1. The van der Waals surface area contributed by atoms with E-state index in [1.54, 1.807) is 0 Å². The maximum absolute atomic E-state index is 9.08. The van der Waals surface area contributed by atoms with Crippen LogP contribution in [0, 0.1) is 0 Å². The molecule has 1 saturated heterocycles. The van der Waals surface area contributed by atoms with Crippen molar-refractivity contribution in [2.24, 2.45) is 20.7 Å². The predicted molar refractivity (Wildman–Crippen MR) is 67.8 cm³/mol. The standard InChI is InChI=1S/C10H14ClN5O2/c11-10(12)8-9(13-4-15-10)16(5-14-8)7-2-1-6(3-17)18-7/h4,6-7,17H,1-3,5,12H2/t6-,7+,10?/m0/s1. The largest absolute Gasteiger partial charge is 0.394 e. The molecule has 3 rings (SSSR count). The van der Waals surface area contributed by atoms with E-state index < -0.39 is 5.12 Å². The van der Waals surface area contributed by atoms with Gasteiger partial charge in [0.1, 0.15) is 24.9 Å². The molecule has 3 aliphatic heterocycles. The Morgan fingerprint density at radius 3 is 3.17 bits per heavy atom. The molecule has 1 fully saturated rings. The average molecular weight is 272 g/mol. The minimum absolute atomic E-state index is 0.0301. The average Bonchev–Trinajstić information content (AvgIpc) is 2.93. The van der Waals surface area contributed by atoms with Crippen molar-refractivity contribution in [1.29, 1.82) is 0 Å². The lowest BCUT2D eigenvalue weighted by molar-refractivity contribution is -0.0393. The number of nitrogens with two attached hydrogens (primary N) is 1. The second kappa shape index (κ2) is 4.27. The van der Waals surface area contributed by atoms with E-state index in [2.05, 4.69) is 15.0 Å². The lowest BCUT2D eigenvalue weighted by Crippen LogP contribution is -2.50. The Morgan fingerprint density at radius 1 is 1.61 bits per heavy atom. The van der Waals surface area contributed by atoms with E-state index in [1.807, 2.05) is 4.90 Å². The summed E-state index contributed by atoms with van der Waals surface area (Å²) >= 11 is 6.06. The van der Waals surface area contributed by atoms with Crippen LogP contribution in [0.3, 0.4) is 0 Å². The fraction of sp³-hybridized carbons (Fsp3) is 0.700. The topological polar surface area (TPSA) is 95.8 Å². The highest BCUT2D eigenvalue weighted by Crippen LogP contribution is 2.28. The van der Waals surface area contributed by atoms with Crippen molar-refractivity contribution >= 4 is 29.5 Å². The van der Waals surface area contributed by atoms with Gasteiger partial charge in [0.05, 0.1) is 12.7 Å². The van der Waals surface area contributed by atoms with Crippen molar-refractivity contribution in [3.05, 3.63) is 0 Å². The molecule has 1 unspecified atom stereocenters. The van der Waals surface area contributed by atoms with Crippen LogP contribution in [0.2, 0.25) is 0 Å². The molecule has 18 heavy (non-hydrogen) atoms. The van der Waals surface area contributed by atoms with E-state index in [0.29, 0.717) is 18.2 Å². The molecule has 0 aromatic heterocycles. The van der Waals surface area contributed by atoms with Gasteiger partial charge in [0.15, 0.2) is 5.84 Å². The van der Waals surface area contributed by atoms with E-state index in [9.17, 15) is 0 Å². The van der Waals surface area contributed by atoms with Crippen LogP contribution in [0.15, 0.2) is 15.0 Å². The minimum Gasteiger partial charge on any atom is -0.394 e. The van der Waals surface area contributed by atoms with Gasteiger partial charge in [-0.2, -0.15) is 0 Å². The van der Waals surface area contributed by atoms with Gasteiger partial charge in [0, 0.05) is 0 Å². The molecule has 8 heteroatoms. The Bertz CT molecular complexity index is 448. The van der Waals surface area contributed by atoms with Crippen LogP contribution < -0.4 is 5.73 Å². The molecule has 0 radical (unpaired) electrons. The summed E-state index contributed by atoms with van der Waals surface area (Å²) in [6, 6.07) is 0. The zero-order valence-electron chi connectivity index (χ0n) is 9.66. The van der Waals surface area contributed by atoms with Crippen molar-refractivity contribution in [2.45, 2.75) is 30.3 Å². The second-order valence-corrected chi connectivity index (χ2v) is 5.04. The highest BCUT2D eigenvalue weighted by atomic mass is 35.5. The fourth-order valence-corrected chi connectivity index (χ4v) is 2.52. The van der Waals surface area contributed by atoms with Crippen LogP contribution >= 0.6 is 11.6 Å². The van der Waals surface area contributed by atoms with Crippen molar-refractivity contribution in [1.82, 2.24) is 4.90 Å². The number of ether oxygens (including phenoxy) is 1. The van der Waals surface area contributed by atoms with Gasteiger partial charge < -0.3 is 14.7 Å². The third kappa shape index (κ3) is 1.83. The molecule has 3 atom stereocenters. The first kappa shape index (κ1) is 12.0. The lowest BCUT2D eigenvalue weighted by Gasteiger charge is -2.28. The summed E-state index contributed by atoms with van der Waals surface area (Å²) in [6.07, 6.45) is 2.74. The number of aliphatic hydroxyl groups is 1. The number of aliphatic imine (C=N–C) groups is 3. The summed E-state index contributed by atoms with van der Waals surface area (Å²) in [4.78, 5) is 14.3. The molecule has 0 aliphatic carbocycles. The Kier molecular flexibility index (Phi) is 2.86. The van der Waals surface area contributed by atoms with Crippen molar-refractivity contribution < 1.29 is 9.84 Å². The monoisotopic (exact) mass is 271 g/mol. The minimum atomic E-state index is -1.33. The van der Waals surface area contributed by atoms with Gasteiger partial charge in [-0.3, -0.25) is 10.7 Å². The molecule has 3 heterocycles. The molecule has 0 spiro atoms. The van der Waals surface area contributed by atoms with Crippen molar-refractivity contribution in [3.8, 4) is 0 Å². The highest BCUT2D eigenvalue weighted by molar-refractivity contribution is 6.56. The van der Waals surface area contributed by atoms with Gasteiger partial charge in [-0.25, -0.2) is 9.98 Å². The summed E-state index contributed by atoms with van der Waals surface area (Å²) in [5.74, 6) is 0.617. The molecule has 3 N–H and O–H groups in total. The van der Waals surface area contributed by atoms with Crippen LogP contribution in [0.4, 0.5) is 0 Å². The molecule has 0 saturated carbocycles. The predicted octanol–water partition coefficient (Wildman–Crippen LogP) is -0.510. The first-order valence-electron chi connectivity index (χ1n) is 5.79. The van der Waals surface area contributed by atoms with E-state index in [-0.39, 0.29) is 18.9 Å². The maximum Gasteiger partial charge on any atom is 0.232 e. The summed E-state index contributed by atoms with van der Waals surface area (Å²) < 4.78 is 5.71. The molecular weight excluding hydrogens is 258 g/mol. The molecule has 0 aromatic rings. The summed E-state index contributed by atoms with van der Waals surface area (Å²) in [5.41, 5.74) is 6.30. The van der Waals surface area contributed by atoms with Crippen LogP contribution in [0.1, 0.15) is 12.8 Å². The summed E-state index contributed by atoms with van der Waals surface area (Å²) in [6.45, 7) is 0.439. The maximum atomic E-state index is 9.08. The SMILES string of the molecule is NC1(Cl)N=CN=C2C1=NCN2[C@H]1CC[C@@H](CO)O1. The van der Waals surface area contributed by atoms with Crippen LogP contribution in [0.5, 0.6) is 0 Å². The van der Waals surface area contributed by atoms with Crippen molar-refractivity contribution in [2.75, 3.05) is 13.3 Å². The number of aliphatic hydroxyl groups excluding tert-OH is 1. The van der Waals surface area contributed by atoms with Gasteiger partial charge in [0.25, 0.3) is 0 Å². The van der Waals surface area contributed by atoms with Gasteiger partial charge in [0.2, 0.25) is 5.12 Å². The Hall–Kier alpha value is -1.02. The molecule has 98 valence electrons.